The molecule has 0 aromatic heterocycles. The van der Waals surface area contributed by atoms with Crippen molar-refractivity contribution in [3.05, 3.63) is 71.0 Å². The Morgan fingerprint density at radius 1 is 1.22 bits per heavy atom. The number of nitrogens with zero attached hydrogens (tertiary/aromatic N) is 1. The first-order valence-electron chi connectivity index (χ1n) is 7.67. The van der Waals surface area contributed by atoms with Crippen LogP contribution in [0.4, 0.5) is 4.39 Å². The van der Waals surface area contributed by atoms with E-state index in [-0.39, 0.29) is 11.7 Å². The number of nitriles is 1. The van der Waals surface area contributed by atoms with Crippen LogP contribution in [0.1, 0.15) is 36.0 Å². The van der Waals surface area contributed by atoms with E-state index in [0.717, 1.165) is 30.4 Å². The molecule has 2 aromatic carbocycles. The topological polar surface area (TPSA) is 52.9 Å². The van der Waals surface area contributed by atoms with Crippen molar-refractivity contribution in [2.24, 2.45) is 0 Å². The fourth-order valence-electron chi connectivity index (χ4n) is 3.05. The quantitative estimate of drug-likeness (QED) is 0.940. The van der Waals surface area contributed by atoms with Gasteiger partial charge in [-0.25, -0.2) is 4.39 Å². The summed E-state index contributed by atoms with van der Waals surface area (Å²) in [5.41, 5.74) is 1.80. The van der Waals surface area contributed by atoms with Gasteiger partial charge in [-0.05, 0) is 48.2 Å². The molecule has 23 heavy (non-hydrogen) atoms. The molecule has 0 bridgehead atoms. The highest BCUT2D eigenvalue weighted by molar-refractivity contribution is 5.89. The van der Waals surface area contributed by atoms with E-state index in [1.807, 2.05) is 6.07 Å². The van der Waals surface area contributed by atoms with E-state index in [9.17, 15) is 9.18 Å². The van der Waals surface area contributed by atoms with Crippen LogP contribution in [0.2, 0.25) is 0 Å². The average molecular weight is 308 g/mol. The predicted molar refractivity (Wildman–Crippen MR) is 84.9 cm³/mol. The molecule has 0 unspecified atom stereocenters. The number of rotatable bonds is 4. The number of amides is 1. The van der Waals surface area contributed by atoms with Crippen molar-refractivity contribution < 1.29 is 9.18 Å². The fraction of sp³-hybridized carbons (Fsp3) is 0.263. The molecule has 0 aliphatic heterocycles. The van der Waals surface area contributed by atoms with Crippen molar-refractivity contribution in [3.8, 4) is 6.07 Å². The molecule has 0 saturated heterocycles. The lowest BCUT2D eigenvalue weighted by Crippen LogP contribution is -2.49. The zero-order valence-electron chi connectivity index (χ0n) is 12.7. The molecule has 1 saturated carbocycles. The highest BCUT2D eigenvalue weighted by Gasteiger charge is 2.45. The maximum Gasteiger partial charge on any atom is 0.230 e. The van der Waals surface area contributed by atoms with Crippen molar-refractivity contribution >= 4 is 5.91 Å². The van der Waals surface area contributed by atoms with Crippen LogP contribution in [-0.2, 0) is 16.8 Å². The Morgan fingerprint density at radius 3 is 2.57 bits per heavy atom. The molecule has 1 amide bonds. The van der Waals surface area contributed by atoms with Crippen molar-refractivity contribution in [2.45, 2.75) is 31.2 Å². The number of nitrogens with one attached hydrogen (secondary N) is 1. The maximum atomic E-state index is 13.1. The summed E-state index contributed by atoms with van der Waals surface area (Å²) in [5.74, 6) is -0.324. The second-order valence-electron chi connectivity index (χ2n) is 5.94. The largest absolute Gasteiger partial charge is 0.351 e. The Balaban J connectivity index is 1.73. The molecule has 0 spiro atoms. The zero-order valence-corrected chi connectivity index (χ0v) is 12.7. The number of hydrogen-bond acceptors (Lipinski definition) is 2. The van der Waals surface area contributed by atoms with Crippen LogP contribution in [0, 0.1) is 17.1 Å². The Kier molecular flexibility index (Phi) is 4.12. The molecule has 3 rings (SSSR count). The number of carbonyl (C=O) groups excluding carboxylic acids is 1. The first-order chi connectivity index (χ1) is 11.1. The highest BCUT2D eigenvalue weighted by atomic mass is 19.1. The van der Waals surface area contributed by atoms with Crippen molar-refractivity contribution in [3.63, 3.8) is 0 Å². The lowest BCUT2D eigenvalue weighted by molar-refractivity contribution is -0.130. The van der Waals surface area contributed by atoms with Crippen LogP contribution in [0.15, 0.2) is 48.5 Å². The molecule has 1 fully saturated rings. The van der Waals surface area contributed by atoms with Crippen molar-refractivity contribution in [1.82, 2.24) is 5.32 Å². The predicted octanol–water partition coefficient (Wildman–Crippen LogP) is 3.44. The van der Waals surface area contributed by atoms with Gasteiger partial charge in [0.25, 0.3) is 0 Å². The molecule has 4 heteroatoms. The summed E-state index contributed by atoms with van der Waals surface area (Å²) in [6, 6.07) is 15.5. The summed E-state index contributed by atoms with van der Waals surface area (Å²) < 4.78 is 13.1. The number of hydrogen-bond donors (Lipinski definition) is 1. The minimum Gasteiger partial charge on any atom is -0.351 e. The third kappa shape index (κ3) is 2.95. The first kappa shape index (κ1) is 15.2. The van der Waals surface area contributed by atoms with Gasteiger partial charge in [0.15, 0.2) is 0 Å². The molecule has 1 N–H and O–H groups in total. The molecule has 0 heterocycles. The third-order valence-electron chi connectivity index (χ3n) is 4.55. The van der Waals surface area contributed by atoms with Gasteiger partial charge in [0, 0.05) is 6.54 Å². The van der Waals surface area contributed by atoms with Gasteiger partial charge in [-0.2, -0.15) is 5.26 Å². The van der Waals surface area contributed by atoms with Gasteiger partial charge in [0.1, 0.15) is 5.82 Å². The van der Waals surface area contributed by atoms with Gasteiger partial charge in [-0.1, -0.05) is 30.7 Å². The average Bonchev–Trinajstić information content (AvgIpc) is 2.54. The summed E-state index contributed by atoms with van der Waals surface area (Å²) >= 11 is 0. The molecule has 1 aliphatic carbocycles. The minimum absolute atomic E-state index is 0.0299. The molecule has 3 nitrogen and oxygen atoms in total. The van der Waals surface area contributed by atoms with Crippen LogP contribution in [0.5, 0.6) is 0 Å². The molecular weight excluding hydrogens is 291 g/mol. The van der Waals surface area contributed by atoms with Crippen LogP contribution in [-0.4, -0.2) is 5.91 Å². The molecule has 0 radical (unpaired) electrons. The normalized spacial score (nSPS) is 15.3. The minimum atomic E-state index is -0.541. The summed E-state index contributed by atoms with van der Waals surface area (Å²) in [6.45, 7) is 0.386. The van der Waals surface area contributed by atoms with Crippen LogP contribution in [0.25, 0.3) is 0 Å². The number of benzene rings is 2. The van der Waals surface area contributed by atoms with Crippen LogP contribution >= 0.6 is 0 Å². The van der Waals surface area contributed by atoms with E-state index in [4.69, 9.17) is 5.26 Å². The van der Waals surface area contributed by atoms with Crippen LogP contribution < -0.4 is 5.32 Å². The van der Waals surface area contributed by atoms with Crippen molar-refractivity contribution in [1.29, 1.82) is 5.26 Å². The van der Waals surface area contributed by atoms with E-state index in [0.29, 0.717) is 12.1 Å². The smallest absolute Gasteiger partial charge is 0.230 e. The van der Waals surface area contributed by atoms with Gasteiger partial charge >= 0.3 is 0 Å². The standard InChI is InChI=1S/C19H17FN2O/c20-17-7-5-16(6-8-17)19(9-2-10-19)18(23)22-13-15-4-1-3-14(11-15)12-21/h1,3-8,11H,2,9-10,13H2,(H,22,23). The molecule has 116 valence electrons. The van der Waals surface area contributed by atoms with Gasteiger partial charge in [0.2, 0.25) is 5.91 Å². The second-order valence-corrected chi connectivity index (χ2v) is 5.94. The highest BCUT2D eigenvalue weighted by Crippen LogP contribution is 2.44. The molecule has 2 aromatic rings. The molecular formula is C19H17FN2O. The van der Waals surface area contributed by atoms with Gasteiger partial charge in [-0.3, -0.25) is 4.79 Å². The summed E-state index contributed by atoms with van der Waals surface area (Å²) in [5, 5.41) is 11.9. The Morgan fingerprint density at radius 2 is 1.96 bits per heavy atom. The Hall–Kier alpha value is -2.67. The van der Waals surface area contributed by atoms with E-state index < -0.39 is 5.41 Å². The van der Waals surface area contributed by atoms with E-state index in [2.05, 4.69) is 11.4 Å². The summed E-state index contributed by atoms with van der Waals surface area (Å²) in [6.07, 6.45) is 2.56. The maximum absolute atomic E-state index is 13.1. The van der Waals surface area contributed by atoms with E-state index in [1.165, 1.54) is 12.1 Å². The van der Waals surface area contributed by atoms with Crippen LogP contribution in [0.3, 0.4) is 0 Å². The number of halogens is 1. The molecule has 1 aliphatic rings. The van der Waals surface area contributed by atoms with Gasteiger partial charge in [-0.15, -0.1) is 0 Å². The Bertz CT molecular complexity index is 758. The van der Waals surface area contributed by atoms with E-state index in [1.54, 1.807) is 30.3 Å². The summed E-state index contributed by atoms with van der Waals surface area (Å²) in [4.78, 5) is 12.7. The summed E-state index contributed by atoms with van der Waals surface area (Å²) in [7, 11) is 0. The second kappa shape index (κ2) is 6.21. The zero-order chi connectivity index (χ0) is 16.3. The fourth-order valence-corrected chi connectivity index (χ4v) is 3.05. The SMILES string of the molecule is N#Cc1cccc(CNC(=O)C2(c3ccc(F)cc3)CCC2)c1. The molecule has 0 atom stereocenters. The van der Waals surface area contributed by atoms with Gasteiger partial charge < -0.3 is 5.32 Å². The third-order valence-corrected chi connectivity index (χ3v) is 4.55. The Labute approximate surface area is 134 Å². The van der Waals surface area contributed by atoms with Gasteiger partial charge in [0.05, 0.1) is 17.0 Å². The number of carbonyl (C=O) groups is 1. The van der Waals surface area contributed by atoms with E-state index >= 15 is 0 Å². The van der Waals surface area contributed by atoms with Crippen molar-refractivity contribution in [2.75, 3.05) is 0 Å². The lowest BCUT2D eigenvalue weighted by Gasteiger charge is -2.40. The monoisotopic (exact) mass is 308 g/mol. The lowest BCUT2D eigenvalue weighted by atomic mass is 9.64. The first-order valence-corrected chi connectivity index (χ1v) is 7.67.